The molecule has 0 spiro atoms. The Morgan fingerprint density at radius 1 is 1.38 bits per heavy atom. The molecule has 0 unspecified atom stereocenters. The van der Waals surface area contributed by atoms with Crippen LogP contribution in [-0.2, 0) is 4.74 Å². The molecule has 1 heterocycles. The van der Waals surface area contributed by atoms with Gasteiger partial charge in [-0.2, -0.15) is 0 Å². The maximum absolute atomic E-state index is 12.6. The summed E-state index contributed by atoms with van der Waals surface area (Å²) in [6.45, 7) is 12.1. The van der Waals surface area contributed by atoms with E-state index in [9.17, 15) is 4.79 Å². The molecule has 4 nitrogen and oxygen atoms in total. The first-order valence-corrected chi connectivity index (χ1v) is 7.46. The molecule has 1 amide bonds. The third-order valence-corrected chi connectivity index (χ3v) is 3.68. The summed E-state index contributed by atoms with van der Waals surface area (Å²) in [5, 5.41) is 4.09. The Labute approximate surface area is 131 Å². The van der Waals surface area contributed by atoms with Crippen LogP contribution in [-0.4, -0.2) is 23.8 Å². The summed E-state index contributed by atoms with van der Waals surface area (Å²) in [6, 6.07) is 3.75. The Hall–Kier alpha value is -1.42. The average Bonchev–Trinajstić information content (AvgIpc) is 2.29. The lowest BCUT2D eigenvalue weighted by Gasteiger charge is -2.42. The van der Waals surface area contributed by atoms with E-state index in [4.69, 9.17) is 16.3 Å². The Morgan fingerprint density at radius 2 is 2.00 bits per heavy atom. The molecule has 21 heavy (non-hydrogen) atoms. The van der Waals surface area contributed by atoms with Crippen LogP contribution >= 0.6 is 11.6 Å². The summed E-state index contributed by atoms with van der Waals surface area (Å²) in [4.78, 5) is 14.2. The van der Waals surface area contributed by atoms with Crippen molar-refractivity contribution in [2.24, 2.45) is 0 Å². The predicted octanol–water partition coefficient (Wildman–Crippen LogP) is 4.59. The molecule has 1 N–H and O–H groups in total. The zero-order valence-electron chi connectivity index (χ0n) is 13.5. The second-order valence-electron chi connectivity index (χ2n) is 7.14. The number of fused-ring (bicyclic) bond motifs is 1. The summed E-state index contributed by atoms with van der Waals surface area (Å²) in [6.07, 6.45) is -0.344. The Morgan fingerprint density at radius 3 is 2.57 bits per heavy atom. The van der Waals surface area contributed by atoms with Crippen LogP contribution in [0.25, 0.3) is 0 Å². The molecule has 1 aliphatic rings. The molecule has 0 fully saturated rings. The number of nitrogens with one attached hydrogen (secondary N) is 1. The number of hydrogen-bond acceptors (Lipinski definition) is 3. The van der Waals surface area contributed by atoms with Crippen LogP contribution in [0.1, 0.15) is 40.2 Å². The summed E-state index contributed by atoms with van der Waals surface area (Å²) in [7, 11) is 0. The smallest absolute Gasteiger partial charge is 0.414 e. The van der Waals surface area contributed by atoms with Crippen molar-refractivity contribution in [1.82, 2.24) is 0 Å². The molecule has 1 aromatic rings. The van der Waals surface area contributed by atoms with E-state index in [0.29, 0.717) is 11.6 Å². The van der Waals surface area contributed by atoms with Crippen molar-refractivity contribution < 1.29 is 9.53 Å². The number of halogens is 1. The minimum absolute atomic E-state index is 0.232. The fourth-order valence-corrected chi connectivity index (χ4v) is 2.63. The number of rotatable bonds is 0. The lowest BCUT2D eigenvalue weighted by molar-refractivity contribution is 0.0573. The molecule has 1 aromatic carbocycles. The van der Waals surface area contributed by atoms with Gasteiger partial charge in [-0.1, -0.05) is 11.6 Å². The van der Waals surface area contributed by atoms with Crippen LogP contribution in [0.15, 0.2) is 12.1 Å². The monoisotopic (exact) mass is 310 g/mol. The predicted molar refractivity (Wildman–Crippen MR) is 87.5 cm³/mol. The highest BCUT2D eigenvalue weighted by Gasteiger charge is 2.36. The molecule has 0 saturated carbocycles. The molecule has 0 aliphatic carbocycles. The van der Waals surface area contributed by atoms with E-state index in [1.54, 1.807) is 4.90 Å². The quantitative estimate of drug-likeness (QED) is 0.761. The Kier molecular flexibility index (Phi) is 3.87. The summed E-state index contributed by atoms with van der Waals surface area (Å²) < 4.78 is 5.54. The fraction of sp³-hybridized carbons (Fsp3) is 0.562. The highest BCUT2D eigenvalue weighted by Crippen LogP contribution is 2.40. The van der Waals surface area contributed by atoms with Crippen LogP contribution < -0.4 is 10.2 Å². The molecule has 116 valence electrons. The highest BCUT2D eigenvalue weighted by atomic mass is 35.5. The normalized spacial score (nSPS) is 17.0. The number of hydrogen-bond donors (Lipinski definition) is 1. The molecule has 0 radical (unpaired) electrons. The van der Waals surface area contributed by atoms with Crippen LogP contribution in [0.2, 0.25) is 5.02 Å². The first-order chi connectivity index (χ1) is 9.50. The van der Waals surface area contributed by atoms with Crippen LogP contribution in [0.4, 0.5) is 16.2 Å². The van der Waals surface area contributed by atoms with Gasteiger partial charge >= 0.3 is 6.09 Å². The Balaban J connectivity index is 2.47. The number of nitrogens with zero attached hydrogens (tertiary/aromatic N) is 1. The highest BCUT2D eigenvalue weighted by molar-refractivity contribution is 6.32. The summed E-state index contributed by atoms with van der Waals surface area (Å²) in [5.74, 6) is 0. The van der Waals surface area contributed by atoms with Gasteiger partial charge in [-0.25, -0.2) is 4.79 Å². The zero-order valence-corrected chi connectivity index (χ0v) is 14.3. The molecule has 5 heteroatoms. The minimum Gasteiger partial charge on any atom is -0.443 e. The number of benzene rings is 1. The van der Waals surface area contributed by atoms with Gasteiger partial charge in [-0.05, 0) is 59.2 Å². The zero-order chi connectivity index (χ0) is 16.0. The molecular formula is C16H23ClN2O2. The van der Waals surface area contributed by atoms with Crippen LogP contribution in [0.3, 0.4) is 0 Å². The van der Waals surface area contributed by atoms with Gasteiger partial charge in [0.2, 0.25) is 0 Å². The number of carbonyl (C=O) groups excluding carboxylic acids is 1. The van der Waals surface area contributed by atoms with Crippen molar-refractivity contribution in [3.05, 3.63) is 22.7 Å². The van der Waals surface area contributed by atoms with Crippen molar-refractivity contribution in [2.45, 2.75) is 52.7 Å². The van der Waals surface area contributed by atoms with Gasteiger partial charge in [0, 0.05) is 10.6 Å². The standard InChI is InChI=1S/C16H23ClN2O2/c1-10-11(17)7-8-12-13(10)19(9-16(5,6)18-12)14(20)21-15(2,3)4/h7-8,18H,9H2,1-6H3. The van der Waals surface area contributed by atoms with E-state index in [-0.39, 0.29) is 11.6 Å². The van der Waals surface area contributed by atoms with Crippen molar-refractivity contribution in [2.75, 3.05) is 16.8 Å². The van der Waals surface area contributed by atoms with Gasteiger partial charge in [0.05, 0.1) is 17.9 Å². The summed E-state index contributed by atoms with van der Waals surface area (Å²) >= 11 is 6.21. The first kappa shape index (κ1) is 16.0. The van der Waals surface area contributed by atoms with Gasteiger partial charge in [0.15, 0.2) is 0 Å². The summed E-state index contributed by atoms with van der Waals surface area (Å²) in [5.41, 5.74) is 1.82. The van der Waals surface area contributed by atoms with Gasteiger partial charge in [-0.3, -0.25) is 4.90 Å². The first-order valence-electron chi connectivity index (χ1n) is 7.08. The molecule has 1 aliphatic heterocycles. The Bertz CT molecular complexity index is 576. The van der Waals surface area contributed by atoms with E-state index >= 15 is 0 Å². The molecule has 0 bridgehead atoms. The minimum atomic E-state index is -0.529. The van der Waals surface area contributed by atoms with Gasteiger partial charge in [0.1, 0.15) is 5.60 Å². The number of carbonyl (C=O) groups is 1. The third kappa shape index (κ3) is 3.43. The maximum Gasteiger partial charge on any atom is 0.414 e. The number of ether oxygens (including phenoxy) is 1. The van der Waals surface area contributed by atoms with Crippen molar-refractivity contribution >= 4 is 29.1 Å². The second kappa shape index (κ2) is 5.09. The van der Waals surface area contributed by atoms with Gasteiger partial charge < -0.3 is 10.1 Å². The van der Waals surface area contributed by atoms with Gasteiger partial charge in [0.25, 0.3) is 0 Å². The second-order valence-corrected chi connectivity index (χ2v) is 7.55. The topological polar surface area (TPSA) is 41.6 Å². The number of anilines is 2. The lowest BCUT2D eigenvalue weighted by Crippen LogP contribution is -2.52. The SMILES string of the molecule is Cc1c(Cl)ccc2c1N(C(=O)OC(C)(C)C)CC(C)(C)N2. The number of amides is 1. The van der Waals surface area contributed by atoms with E-state index in [0.717, 1.165) is 16.9 Å². The molecule has 0 saturated heterocycles. The molecular weight excluding hydrogens is 288 g/mol. The average molecular weight is 311 g/mol. The third-order valence-electron chi connectivity index (χ3n) is 3.28. The lowest BCUT2D eigenvalue weighted by atomic mass is 9.98. The van der Waals surface area contributed by atoms with Crippen molar-refractivity contribution in [3.8, 4) is 0 Å². The van der Waals surface area contributed by atoms with Crippen molar-refractivity contribution in [1.29, 1.82) is 0 Å². The largest absolute Gasteiger partial charge is 0.443 e. The van der Waals surface area contributed by atoms with E-state index < -0.39 is 5.60 Å². The van der Waals surface area contributed by atoms with E-state index in [2.05, 4.69) is 19.2 Å². The van der Waals surface area contributed by atoms with Crippen LogP contribution in [0, 0.1) is 6.92 Å². The van der Waals surface area contributed by atoms with Gasteiger partial charge in [-0.15, -0.1) is 0 Å². The van der Waals surface area contributed by atoms with E-state index in [1.165, 1.54) is 0 Å². The van der Waals surface area contributed by atoms with E-state index in [1.807, 2.05) is 39.8 Å². The fourth-order valence-electron chi connectivity index (χ4n) is 2.48. The molecule has 0 atom stereocenters. The molecule has 2 rings (SSSR count). The van der Waals surface area contributed by atoms with Crippen molar-refractivity contribution in [3.63, 3.8) is 0 Å². The molecule has 0 aromatic heterocycles. The maximum atomic E-state index is 12.6. The van der Waals surface area contributed by atoms with Crippen LogP contribution in [0.5, 0.6) is 0 Å².